The van der Waals surface area contributed by atoms with Gasteiger partial charge in [0.2, 0.25) is 0 Å². The molecule has 0 aliphatic carbocycles. The van der Waals surface area contributed by atoms with Crippen molar-refractivity contribution in [3.05, 3.63) is 58.6 Å². The van der Waals surface area contributed by atoms with Gasteiger partial charge in [-0.3, -0.25) is 0 Å². The molecule has 2 rings (SSSR count). The van der Waals surface area contributed by atoms with Gasteiger partial charge in [-0.05, 0) is 54.9 Å². The van der Waals surface area contributed by atoms with Gasteiger partial charge in [0.1, 0.15) is 5.75 Å². The van der Waals surface area contributed by atoms with Crippen LogP contribution < -0.4 is 15.4 Å². The van der Waals surface area contributed by atoms with E-state index in [9.17, 15) is 0 Å². The van der Waals surface area contributed by atoms with E-state index in [1.807, 2.05) is 43.3 Å². The van der Waals surface area contributed by atoms with E-state index in [2.05, 4.69) is 16.7 Å². The van der Waals surface area contributed by atoms with Crippen LogP contribution in [0.25, 0.3) is 0 Å². The average Bonchev–Trinajstić information content (AvgIpc) is 2.51. The molecule has 2 aromatic rings. The van der Waals surface area contributed by atoms with Gasteiger partial charge in [0, 0.05) is 17.3 Å². The molecule has 5 heteroatoms. The number of halogens is 1. The SMILES string of the molecule is COc1ccccc1CCNC(=S)Nc1ccc(C)c(Cl)c1. The molecule has 0 bridgehead atoms. The highest BCUT2D eigenvalue weighted by molar-refractivity contribution is 7.80. The predicted molar refractivity (Wildman–Crippen MR) is 97.1 cm³/mol. The Hall–Kier alpha value is -1.78. The Labute approximate surface area is 141 Å². The summed E-state index contributed by atoms with van der Waals surface area (Å²) in [6, 6.07) is 13.8. The van der Waals surface area contributed by atoms with E-state index in [-0.39, 0.29) is 0 Å². The van der Waals surface area contributed by atoms with E-state index in [0.717, 1.165) is 40.6 Å². The first-order valence-corrected chi connectivity index (χ1v) is 7.81. The van der Waals surface area contributed by atoms with Gasteiger partial charge in [0.25, 0.3) is 0 Å². The first-order valence-electron chi connectivity index (χ1n) is 7.03. The standard InChI is InChI=1S/C17H19ClN2OS/c1-12-7-8-14(11-15(12)18)20-17(22)19-10-9-13-5-3-4-6-16(13)21-2/h3-8,11H,9-10H2,1-2H3,(H2,19,20,22). The number of methoxy groups -OCH3 is 1. The summed E-state index contributed by atoms with van der Waals surface area (Å²) in [6.07, 6.45) is 0.834. The van der Waals surface area contributed by atoms with E-state index in [1.165, 1.54) is 0 Å². The van der Waals surface area contributed by atoms with Crippen LogP contribution in [0.15, 0.2) is 42.5 Å². The maximum absolute atomic E-state index is 6.10. The topological polar surface area (TPSA) is 33.3 Å². The first kappa shape index (κ1) is 16.6. The predicted octanol–water partition coefficient (Wildman–Crippen LogP) is 4.19. The lowest BCUT2D eigenvalue weighted by atomic mass is 10.1. The summed E-state index contributed by atoms with van der Waals surface area (Å²) >= 11 is 11.4. The molecule has 0 saturated carbocycles. The Morgan fingerprint density at radius 1 is 1.23 bits per heavy atom. The number of para-hydroxylation sites is 1. The lowest BCUT2D eigenvalue weighted by Gasteiger charge is -2.12. The largest absolute Gasteiger partial charge is 0.496 e. The Kier molecular flexibility index (Phi) is 6.04. The zero-order chi connectivity index (χ0) is 15.9. The Balaban J connectivity index is 1.84. The smallest absolute Gasteiger partial charge is 0.170 e. The van der Waals surface area contributed by atoms with Gasteiger partial charge in [0.05, 0.1) is 7.11 Å². The Bertz CT molecular complexity index is 661. The average molecular weight is 335 g/mol. The highest BCUT2D eigenvalue weighted by Gasteiger charge is 2.03. The maximum atomic E-state index is 6.10. The van der Waals surface area contributed by atoms with Crippen LogP contribution in [0.5, 0.6) is 5.75 Å². The van der Waals surface area contributed by atoms with Gasteiger partial charge in [-0.1, -0.05) is 35.9 Å². The number of hydrogen-bond acceptors (Lipinski definition) is 2. The minimum atomic E-state index is 0.579. The molecular weight excluding hydrogens is 316 g/mol. The van der Waals surface area contributed by atoms with Crippen LogP contribution in [0.1, 0.15) is 11.1 Å². The van der Waals surface area contributed by atoms with Gasteiger partial charge >= 0.3 is 0 Å². The molecule has 0 atom stereocenters. The first-order chi connectivity index (χ1) is 10.6. The molecule has 2 aromatic carbocycles. The minimum Gasteiger partial charge on any atom is -0.496 e. The third-order valence-electron chi connectivity index (χ3n) is 3.30. The van der Waals surface area contributed by atoms with Crippen LogP contribution in [0.3, 0.4) is 0 Å². The summed E-state index contributed by atoms with van der Waals surface area (Å²) in [5.41, 5.74) is 3.08. The number of hydrogen-bond donors (Lipinski definition) is 2. The number of thiocarbonyl (C=S) groups is 1. The molecule has 0 saturated heterocycles. The zero-order valence-corrected chi connectivity index (χ0v) is 14.2. The molecule has 0 fully saturated rings. The fraction of sp³-hybridized carbons (Fsp3) is 0.235. The van der Waals surface area contributed by atoms with Crippen LogP contribution in [0, 0.1) is 6.92 Å². The normalized spacial score (nSPS) is 10.1. The van der Waals surface area contributed by atoms with Crippen LogP contribution >= 0.6 is 23.8 Å². The number of nitrogens with one attached hydrogen (secondary N) is 2. The molecule has 0 spiro atoms. The molecule has 2 N–H and O–H groups in total. The number of ether oxygens (including phenoxy) is 1. The van der Waals surface area contributed by atoms with Gasteiger partial charge in [0.15, 0.2) is 5.11 Å². The molecule has 0 radical (unpaired) electrons. The van der Waals surface area contributed by atoms with Crippen LogP contribution in [0.2, 0.25) is 5.02 Å². The second-order valence-electron chi connectivity index (χ2n) is 4.91. The summed E-state index contributed by atoms with van der Waals surface area (Å²) in [5.74, 6) is 0.897. The van der Waals surface area contributed by atoms with Crippen molar-refractivity contribution in [3.63, 3.8) is 0 Å². The molecule has 0 aromatic heterocycles. The summed E-state index contributed by atoms with van der Waals surface area (Å²) in [6.45, 7) is 2.70. The summed E-state index contributed by atoms with van der Waals surface area (Å²) in [5, 5.41) is 7.62. The van der Waals surface area contributed by atoms with Crippen molar-refractivity contribution in [1.29, 1.82) is 0 Å². The van der Waals surface area contributed by atoms with E-state index in [1.54, 1.807) is 7.11 Å². The fourth-order valence-corrected chi connectivity index (χ4v) is 2.47. The number of rotatable bonds is 5. The number of anilines is 1. The van der Waals surface area contributed by atoms with Crippen LogP contribution in [-0.4, -0.2) is 18.8 Å². The summed E-state index contributed by atoms with van der Waals surface area (Å²) < 4.78 is 5.33. The molecule has 0 aliphatic rings. The Morgan fingerprint density at radius 3 is 2.73 bits per heavy atom. The molecule has 22 heavy (non-hydrogen) atoms. The van der Waals surface area contributed by atoms with Crippen molar-refractivity contribution in [2.75, 3.05) is 19.0 Å². The summed E-state index contributed by atoms with van der Waals surface area (Å²) in [4.78, 5) is 0. The van der Waals surface area contributed by atoms with Crippen molar-refractivity contribution in [2.45, 2.75) is 13.3 Å². The van der Waals surface area contributed by atoms with Gasteiger partial charge in [-0.2, -0.15) is 0 Å². The zero-order valence-electron chi connectivity index (χ0n) is 12.7. The molecule has 0 amide bonds. The van der Waals surface area contributed by atoms with E-state index >= 15 is 0 Å². The quantitative estimate of drug-likeness (QED) is 0.803. The van der Waals surface area contributed by atoms with E-state index in [4.69, 9.17) is 28.6 Å². The Morgan fingerprint density at radius 2 is 2.00 bits per heavy atom. The molecule has 0 unspecified atom stereocenters. The van der Waals surface area contributed by atoms with Crippen molar-refractivity contribution >= 4 is 34.6 Å². The molecule has 3 nitrogen and oxygen atoms in total. The lowest BCUT2D eigenvalue weighted by molar-refractivity contribution is 0.409. The fourth-order valence-electron chi connectivity index (χ4n) is 2.07. The molecule has 0 aliphatic heterocycles. The highest BCUT2D eigenvalue weighted by atomic mass is 35.5. The van der Waals surface area contributed by atoms with Gasteiger partial charge < -0.3 is 15.4 Å². The molecular formula is C17H19ClN2OS. The second-order valence-corrected chi connectivity index (χ2v) is 5.72. The van der Waals surface area contributed by atoms with Crippen molar-refractivity contribution in [2.24, 2.45) is 0 Å². The molecule has 116 valence electrons. The monoisotopic (exact) mass is 334 g/mol. The van der Waals surface area contributed by atoms with Crippen molar-refractivity contribution in [3.8, 4) is 5.75 Å². The third-order valence-corrected chi connectivity index (χ3v) is 3.96. The number of benzene rings is 2. The van der Waals surface area contributed by atoms with Crippen LogP contribution in [-0.2, 0) is 6.42 Å². The highest BCUT2D eigenvalue weighted by Crippen LogP contribution is 2.20. The number of aryl methyl sites for hydroxylation is 1. The van der Waals surface area contributed by atoms with E-state index < -0.39 is 0 Å². The molecule has 0 heterocycles. The van der Waals surface area contributed by atoms with E-state index in [0.29, 0.717) is 5.11 Å². The minimum absolute atomic E-state index is 0.579. The van der Waals surface area contributed by atoms with Gasteiger partial charge in [-0.25, -0.2) is 0 Å². The summed E-state index contributed by atoms with van der Waals surface area (Å²) in [7, 11) is 1.68. The van der Waals surface area contributed by atoms with Gasteiger partial charge in [-0.15, -0.1) is 0 Å². The lowest BCUT2D eigenvalue weighted by Crippen LogP contribution is -2.30. The van der Waals surface area contributed by atoms with Crippen molar-refractivity contribution < 1.29 is 4.74 Å². The third kappa shape index (κ3) is 4.61. The maximum Gasteiger partial charge on any atom is 0.170 e. The van der Waals surface area contributed by atoms with Crippen molar-refractivity contribution in [1.82, 2.24) is 5.32 Å². The van der Waals surface area contributed by atoms with Crippen LogP contribution in [0.4, 0.5) is 5.69 Å². The second kappa shape index (κ2) is 8.01.